The maximum absolute atomic E-state index is 13.6. The Hall–Kier alpha value is -2.09. The standard InChI is InChI=1S/C13H14F2N2O4/c14-10-6-12(17(19)20)11(15)5-9(10)13(18)16-3-4-21-7-8-1-2-8/h5-6,8H,1-4,7H2,(H,16,18). The van der Waals surface area contributed by atoms with Crippen LogP contribution in [0.1, 0.15) is 23.2 Å². The van der Waals surface area contributed by atoms with E-state index in [1.54, 1.807) is 0 Å². The first-order valence-electron chi connectivity index (χ1n) is 6.48. The van der Waals surface area contributed by atoms with E-state index in [0.29, 0.717) is 24.7 Å². The fraction of sp³-hybridized carbons (Fsp3) is 0.462. The molecule has 1 N–H and O–H groups in total. The molecule has 0 aromatic heterocycles. The number of nitrogens with one attached hydrogen (secondary N) is 1. The van der Waals surface area contributed by atoms with Crippen molar-refractivity contribution in [2.45, 2.75) is 12.8 Å². The van der Waals surface area contributed by atoms with Crippen LogP contribution in [0.3, 0.4) is 0 Å². The molecule has 1 amide bonds. The third-order valence-electron chi connectivity index (χ3n) is 3.06. The Bertz CT molecular complexity index is 561. The highest BCUT2D eigenvalue weighted by Gasteiger charge is 2.22. The number of amides is 1. The third-order valence-corrected chi connectivity index (χ3v) is 3.06. The Morgan fingerprint density at radius 2 is 2.10 bits per heavy atom. The zero-order chi connectivity index (χ0) is 15.4. The monoisotopic (exact) mass is 300 g/mol. The zero-order valence-electron chi connectivity index (χ0n) is 11.1. The molecular formula is C13H14F2N2O4. The minimum Gasteiger partial charge on any atom is -0.379 e. The van der Waals surface area contributed by atoms with Gasteiger partial charge in [0.1, 0.15) is 5.82 Å². The second kappa shape index (κ2) is 6.57. The summed E-state index contributed by atoms with van der Waals surface area (Å²) >= 11 is 0. The maximum atomic E-state index is 13.6. The molecule has 1 aliphatic rings. The molecule has 21 heavy (non-hydrogen) atoms. The fourth-order valence-electron chi connectivity index (χ4n) is 1.72. The summed E-state index contributed by atoms with van der Waals surface area (Å²) in [5, 5.41) is 12.8. The number of nitro benzene ring substituents is 1. The summed E-state index contributed by atoms with van der Waals surface area (Å²) in [5.74, 6) is -2.63. The molecule has 0 aliphatic heterocycles. The summed E-state index contributed by atoms with van der Waals surface area (Å²) in [7, 11) is 0. The summed E-state index contributed by atoms with van der Waals surface area (Å²) in [6, 6.07) is 0.918. The van der Waals surface area contributed by atoms with Crippen molar-refractivity contribution in [3.63, 3.8) is 0 Å². The minimum absolute atomic E-state index is 0.156. The van der Waals surface area contributed by atoms with Gasteiger partial charge in [0, 0.05) is 13.2 Å². The summed E-state index contributed by atoms with van der Waals surface area (Å²) in [6.07, 6.45) is 2.30. The van der Waals surface area contributed by atoms with Gasteiger partial charge in [0.15, 0.2) is 0 Å². The lowest BCUT2D eigenvalue weighted by molar-refractivity contribution is -0.387. The first-order valence-corrected chi connectivity index (χ1v) is 6.48. The van der Waals surface area contributed by atoms with Crippen LogP contribution >= 0.6 is 0 Å². The van der Waals surface area contributed by atoms with Crippen molar-refractivity contribution in [3.8, 4) is 0 Å². The Kier molecular flexibility index (Phi) is 4.79. The molecule has 0 radical (unpaired) electrons. The molecule has 0 atom stereocenters. The molecule has 1 fully saturated rings. The number of hydrogen-bond acceptors (Lipinski definition) is 4. The minimum atomic E-state index is -1.25. The Morgan fingerprint density at radius 1 is 1.38 bits per heavy atom. The zero-order valence-corrected chi connectivity index (χ0v) is 11.1. The number of halogens is 2. The van der Waals surface area contributed by atoms with E-state index in [0.717, 1.165) is 12.8 Å². The van der Waals surface area contributed by atoms with Gasteiger partial charge >= 0.3 is 5.69 Å². The lowest BCUT2D eigenvalue weighted by Crippen LogP contribution is -2.28. The van der Waals surface area contributed by atoms with Crippen LogP contribution in [0.5, 0.6) is 0 Å². The van der Waals surface area contributed by atoms with Crippen LogP contribution in [0.25, 0.3) is 0 Å². The van der Waals surface area contributed by atoms with E-state index >= 15 is 0 Å². The molecule has 0 saturated heterocycles. The van der Waals surface area contributed by atoms with Crippen molar-refractivity contribution in [2.24, 2.45) is 5.92 Å². The molecule has 6 nitrogen and oxygen atoms in total. The second-order valence-electron chi connectivity index (χ2n) is 4.81. The molecule has 0 bridgehead atoms. The predicted molar refractivity (Wildman–Crippen MR) is 68.9 cm³/mol. The molecular weight excluding hydrogens is 286 g/mol. The Labute approximate surface area is 119 Å². The molecule has 2 rings (SSSR count). The normalized spacial score (nSPS) is 14.0. The maximum Gasteiger partial charge on any atom is 0.307 e. The second-order valence-corrected chi connectivity index (χ2v) is 4.81. The average molecular weight is 300 g/mol. The van der Waals surface area contributed by atoms with E-state index in [-0.39, 0.29) is 13.2 Å². The average Bonchev–Trinajstić information content (AvgIpc) is 3.24. The van der Waals surface area contributed by atoms with Crippen LogP contribution in [0.4, 0.5) is 14.5 Å². The van der Waals surface area contributed by atoms with Gasteiger partial charge in [-0.3, -0.25) is 14.9 Å². The van der Waals surface area contributed by atoms with E-state index in [2.05, 4.69) is 5.32 Å². The summed E-state index contributed by atoms with van der Waals surface area (Å²) in [6.45, 7) is 1.07. The molecule has 8 heteroatoms. The van der Waals surface area contributed by atoms with Gasteiger partial charge in [0.2, 0.25) is 5.82 Å². The Morgan fingerprint density at radius 3 is 2.71 bits per heavy atom. The molecule has 1 saturated carbocycles. The van der Waals surface area contributed by atoms with Crippen LogP contribution in [-0.4, -0.2) is 30.6 Å². The summed E-state index contributed by atoms with van der Waals surface area (Å²) in [5.41, 5.74) is -1.57. The van der Waals surface area contributed by atoms with E-state index in [1.165, 1.54) is 0 Å². The van der Waals surface area contributed by atoms with Crippen LogP contribution in [0.2, 0.25) is 0 Å². The Balaban J connectivity index is 1.88. The van der Waals surface area contributed by atoms with E-state index < -0.39 is 33.7 Å². The van der Waals surface area contributed by atoms with Gasteiger partial charge in [0.25, 0.3) is 5.91 Å². The lowest BCUT2D eigenvalue weighted by Gasteiger charge is -2.07. The van der Waals surface area contributed by atoms with Gasteiger partial charge < -0.3 is 10.1 Å². The van der Waals surface area contributed by atoms with Gasteiger partial charge in [0.05, 0.1) is 23.2 Å². The van der Waals surface area contributed by atoms with Gasteiger partial charge in [-0.25, -0.2) is 4.39 Å². The van der Waals surface area contributed by atoms with Crippen molar-refractivity contribution < 1.29 is 23.2 Å². The van der Waals surface area contributed by atoms with Crippen molar-refractivity contribution in [3.05, 3.63) is 39.4 Å². The van der Waals surface area contributed by atoms with Crippen LogP contribution < -0.4 is 5.32 Å². The van der Waals surface area contributed by atoms with Crippen LogP contribution in [0.15, 0.2) is 12.1 Å². The quantitative estimate of drug-likeness (QED) is 0.474. The van der Waals surface area contributed by atoms with Gasteiger partial charge in [-0.15, -0.1) is 0 Å². The first-order chi connectivity index (χ1) is 9.99. The molecule has 1 aromatic rings. The SMILES string of the molecule is O=C(NCCOCC1CC1)c1cc(F)c([N+](=O)[O-])cc1F. The number of nitro groups is 1. The lowest BCUT2D eigenvalue weighted by atomic mass is 10.1. The largest absolute Gasteiger partial charge is 0.379 e. The summed E-state index contributed by atoms with van der Waals surface area (Å²) < 4.78 is 32.2. The molecule has 0 unspecified atom stereocenters. The number of rotatable bonds is 7. The summed E-state index contributed by atoms with van der Waals surface area (Å²) in [4.78, 5) is 21.1. The first kappa shape index (κ1) is 15.3. The number of nitrogens with zero attached hydrogens (tertiary/aromatic N) is 1. The predicted octanol–water partition coefficient (Wildman–Crippen LogP) is 2.03. The number of hydrogen-bond donors (Lipinski definition) is 1. The third kappa shape index (κ3) is 4.19. The van der Waals surface area contributed by atoms with E-state index in [1.807, 2.05) is 0 Å². The van der Waals surface area contributed by atoms with Crippen molar-refractivity contribution >= 4 is 11.6 Å². The number of carbonyl (C=O) groups excluding carboxylic acids is 1. The molecule has 1 aliphatic carbocycles. The van der Waals surface area contributed by atoms with E-state index in [4.69, 9.17) is 4.74 Å². The number of benzene rings is 1. The fourth-order valence-corrected chi connectivity index (χ4v) is 1.72. The van der Waals surface area contributed by atoms with Crippen molar-refractivity contribution in [1.82, 2.24) is 5.32 Å². The van der Waals surface area contributed by atoms with E-state index in [9.17, 15) is 23.7 Å². The topological polar surface area (TPSA) is 81.5 Å². The molecule has 114 valence electrons. The number of carbonyl (C=O) groups is 1. The molecule has 0 spiro atoms. The van der Waals surface area contributed by atoms with Gasteiger partial charge in [-0.2, -0.15) is 4.39 Å². The van der Waals surface area contributed by atoms with Gasteiger partial charge in [-0.05, 0) is 24.8 Å². The van der Waals surface area contributed by atoms with Gasteiger partial charge in [-0.1, -0.05) is 0 Å². The number of ether oxygens (including phenoxy) is 1. The van der Waals surface area contributed by atoms with Crippen LogP contribution in [0, 0.1) is 27.7 Å². The highest BCUT2D eigenvalue weighted by atomic mass is 19.1. The van der Waals surface area contributed by atoms with Crippen LogP contribution in [-0.2, 0) is 4.74 Å². The highest BCUT2D eigenvalue weighted by Crippen LogP contribution is 2.28. The molecule has 0 heterocycles. The van der Waals surface area contributed by atoms with Crippen molar-refractivity contribution in [1.29, 1.82) is 0 Å². The highest BCUT2D eigenvalue weighted by molar-refractivity contribution is 5.94. The smallest absolute Gasteiger partial charge is 0.307 e. The van der Waals surface area contributed by atoms with Crippen molar-refractivity contribution in [2.75, 3.05) is 19.8 Å². The molecule has 1 aromatic carbocycles.